The van der Waals surface area contributed by atoms with Gasteiger partial charge in [0.2, 0.25) is 0 Å². The monoisotopic (exact) mass is 168 g/mol. The first-order chi connectivity index (χ1) is 5.86. The van der Waals surface area contributed by atoms with Crippen molar-refractivity contribution in [2.24, 2.45) is 5.92 Å². The van der Waals surface area contributed by atoms with Crippen molar-refractivity contribution in [1.82, 2.24) is 0 Å². The fourth-order valence-electron chi connectivity index (χ4n) is 2.26. The first-order valence-electron chi connectivity index (χ1n) is 5.07. The van der Waals surface area contributed by atoms with Crippen LogP contribution in [-0.2, 0) is 9.53 Å². The summed E-state index contributed by atoms with van der Waals surface area (Å²) in [7, 11) is 0. The molecule has 2 fully saturated rings. The molecule has 0 aromatic rings. The Hall–Kier alpha value is -0.530. The third kappa shape index (κ3) is 1.62. The summed E-state index contributed by atoms with van der Waals surface area (Å²) in [6, 6.07) is 0. The molecule has 0 N–H and O–H groups in total. The number of carbonyl (C=O) groups excluding carboxylic acids is 1. The number of esters is 1. The van der Waals surface area contributed by atoms with Gasteiger partial charge < -0.3 is 4.74 Å². The standard InChI is InChI=1S/C10H16O2/c11-10-8-4-1-2-6-9(12-10)7-3-5-8/h8-9H,1-7H2/t8-,9+/m1/s1. The van der Waals surface area contributed by atoms with Crippen molar-refractivity contribution in [3.05, 3.63) is 0 Å². The van der Waals surface area contributed by atoms with Crippen LogP contribution in [0.3, 0.4) is 0 Å². The van der Waals surface area contributed by atoms with Gasteiger partial charge in [-0.25, -0.2) is 0 Å². The fourth-order valence-corrected chi connectivity index (χ4v) is 2.26. The van der Waals surface area contributed by atoms with E-state index in [-0.39, 0.29) is 18.0 Å². The van der Waals surface area contributed by atoms with E-state index in [0.29, 0.717) is 0 Å². The van der Waals surface area contributed by atoms with Crippen LogP contribution in [0.25, 0.3) is 0 Å². The summed E-state index contributed by atoms with van der Waals surface area (Å²) in [6.07, 6.45) is 8.22. The summed E-state index contributed by atoms with van der Waals surface area (Å²) in [4.78, 5) is 11.4. The van der Waals surface area contributed by atoms with Gasteiger partial charge in [0.15, 0.2) is 0 Å². The minimum Gasteiger partial charge on any atom is -0.462 e. The van der Waals surface area contributed by atoms with Crippen LogP contribution >= 0.6 is 0 Å². The summed E-state index contributed by atoms with van der Waals surface area (Å²) < 4.78 is 5.38. The predicted molar refractivity (Wildman–Crippen MR) is 45.7 cm³/mol. The lowest BCUT2D eigenvalue weighted by Gasteiger charge is -2.19. The molecule has 2 nitrogen and oxygen atoms in total. The van der Waals surface area contributed by atoms with Crippen LogP contribution in [0.5, 0.6) is 0 Å². The van der Waals surface area contributed by atoms with E-state index in [1.165, 1.54) is 19.3 Å². The highest BCUT2D eigenvalue weighted by Gasteiger charge is 2.28. The van der Waals surface area contributed by atoms with Crippen LogP contribution in [0.2, 0.25) is 0 Å². The summed E-state index contributed by atoms with van der Waals surface area (Å²) in [5.74, 6) is 0.313. The van der Waals surface area contributed by atoms with Crippen LogP contribution < -0.4 is 0 Å². The molecule has 0 unspecified atom stereocenters. The summed E-state index contributed by atoms with van der Waals surface area (Å²) in [5.41, 5.74) is 0. The molecular formula is C10H16O2. The topological polar surface area (TPSA) is 26.3 Å². The molecule has 2 rings (SSSR count). The molecule has 12 heavy (non-hydrogen) atoms. The van der Waals surface area contributed by atoms with Crippen molar-refractivity contribution in [3.63, 3.8) is 0 Å². The lowest BCUT2D eigenvalue weighted by Crippen LogP contribution is -2.23. The quantitative estimate of drug-likeness (QED) is 0.519. The Morgan fingerprint density at radius 1 is 1.00 bits per heavy atom. The average molecular weight is 168 g/mol. The predicted octanol–water partition coefficient (Wildman–Crippen LogP) is 2.27. The highest BCUT2D eigenvalue weighted by atomic mass is 16.5. The van der Waals surface area contributed by atoms with Gasteiger partial charge in [-0.1, -0.05) is 6.42 Å². The van der Waals surface area contributed by atoms with Crippen molar-refractivity contribution < 1.29 is 9.53 Å². The number of fused-ring (bicyclic) bond motifs is 3. The Bertz CT molecular complexity index is 173. The highest BCUT2D eigenvalue weighted by molar-refractivity contribution is 5.72. The normalized spacial score (nSPS) is 36.5. The van der Waals surface area contributed by atoms with Gasteiger partial charge >= 0.3 is 5.97 Å². The van der Waals surface area contributed by atoms with Crippen LogP contribution in [0.1, 0.15) is 44.9 Å². The zero-order valence-corrected chi connectivity index (χ0v) is 7.42. The van der Waals surface area contributed by atoms with E-state index in [2.05, 4.69) is 0 Å². The molecular weight excluding hydrogens is 152 g/mol. The zero-order valence-electron chi connectivity index (χ0n) is 7.42. The molecule has 68 valence electrons. The first kappa shape index (κ1) is 8.09. The van der Waals surface area contributed by atoms with Gasteiger partial charge in [0.25, 0.3) is 0 Å². The van der Waals surface area contributed by atoms with E-state index in [9.17, 15) is 4.79 Å². The van der Waals surface area contributed by atoms with Gasteiger partial charge in [-0.2, -0.15) is 0 Å². The van der Waals surface area contributed by atoms with Gasteiger partial charge in [-0.15, -0.1) is 0 Å². The van der Waals surface area contributed by atoms with E-state index >= 15 is 0 Å². The SMILES string of the molecule is O=C1O[C@H]2CCCC[C@@H]1CCC2. The Balaban J connectivity index is 2.09. The minimum atomic E-state index is 0.0807. The number of ether oxygens (including phenoxy) is 1. The van der Waals surface area contributed by atoms with Gasteiger partial charge in [-0.3, -0.25) is 4.79 Å². The van der Waals surface area contributed by atoms with Gasteiger partial charge in [-0.05, 0) is 38.5 Å². The van der Waals surface area contributed by atoms with E-state index < -0.39 is 0 Å². The van der Waals surface area contributed by atoms with E-state index in [1.807, 2.05) is 0 Å². The lowest BCUT2D eigenvalue weighted by atomic mass is 9.97. The molecule has 2 atom stereocenters. The smallest absolute Gasteiger partial charge is 0.309 e. The van der Waals surface area contributed by atoms with Crippen LogP contribution in [-0.4, -0.2) is 12.1 Å². The summed E-state index contributed by atoms with van der Waals surface area (Å²) >= 11 is 0. The maximum absolute atomic E-state index is 11.4. The van der Waals surface area contributed by atoms with Crippen molar-refractivity contribution >= 4 is 5.97 Å². The van der Waals surface area contributed by atoms with Crippen molar-refractivity contribution in [2.45, 2.75) is 51.0 Å². The number of carbonyl (C=O) groups is 1. The third-order valence-electron chi connectivity index (χ3n) is 3.02. The average Bonchev–Trinajstić information content (AvgIpc) is 2.18. The maximum atomic E-state index is 11.4. The number of hydrogen-bond acceptors (Lipinski definition) is 2. The molecule has 0 aromatic heterocycles. The first-order valence-corrected chi connectivity index (χ1v) is 5.07. The summed E-state index contributed by atoms with van der Waals surface area (Å²) in [5, 5.41) is 0. The van der Waals surface area contributed by atoms with Crippen LogP contribution in [0, 0.1) is 5.92 Å². The molecule has 2 bridgehead atoms. The van der Waals surface area contributed by atoms with Gasteiger partial charge in [0, 0.05) is 0 Å². The van der Waals surface area contributed by atoms with E-state index in [0.717, 1.165) is 25.7 Å². The van der Waals surface area contributed by atoms with E-state index in [1.54, 1.807) is 0 Å². The number of rotatable bonds is 0. The second-order valence-corrected chi connectivity index (χ2v) is 3.97. The Morgan fingerprint density at radius 2 is 1.67 bits per heavy atom. The van der Waals surface area contributed by atoms with Crippen LogP contribution in [0.15, 0.2) is 0 Å². The number of hydrogen-bond donors (Lipinski definition) is 0. The Kier molecular flexibility index (Phi) is 2.33. The van der Waals surface area contributed by atoms with Crippen molar-refractivity contribution in [1.29, 1.82) is 0 Å². The molecule has 2 aliphatic rings. The molecule has 0 amide bonds. The second kappa shape index (κ2) is 3.46. The van der Waals surface area contributed by atoms with E-state index in [4.69, 9.17) is 4.74 Å². The lowest BCUT2D eigenvalue weighted by molar-refractivity contribution is -0.154. The van der Waals surface area contributed by atoms with Crippen molar-refractivity contribution in [3.8, 4) is 0 Å². The molecule has 2 aliphatic heterocycles. The minimum absolute atomic E-state index is 0.0807. The maximum Gasteiger partial charge on any atom is 0.309 e. The molecule has 2 heterocycles. The molecule has 0 spiro atoms. The van der Waals surface area contributed by atoms with Gasteiger partial charge in [0.1, 0.15) is 6.10 Å². The van der Waals surface area contributed by atoms with Crippen molar-refractivity contribution in [2.75, 3.05) is 0 Å². The Morgan fingerprint density at radius 3 is 2.58 bits per heavy atom. The Labute approximate surface area is 73.3 Å². The molecule has 0 saturated carbocycles. The fraction of sp³-hybridized carbons (Fsp3) is 0.900. The largest absolute Gasteiger partial charge is 0.462 e. The molecule has 0 aromatic carbocycles. The molecule has 0 radical (unpaired) electrons. The zero-order chi connectivity index (χ0) is 8.39. The second-order valence-electron chi connectivity index (χ2n) is 3.97. The van der Waals surface area contributed by atoms with Crippen LogP contribution in [0.4, 0.5) is 0 Å². The highest BCUT2D eigenvalue weighted by Crippen LogP contribution is 2.29. The molecule has 0 aliphatic carbocycles. The molecule has 2 saturated heterocycles. The third-order valence-corrected chi connectivity index (χ3v) is 3.02. The summed E-state index contributed by atoms with van der Waals surface area (Å²) in [6.45, 7) is 0. The molecule has 2 heteroatoms. The van der Waals surface area contributed by atoms with Gasteiger partial charge in [0.05, 0.1) is 5.92 Å².